The predicted octanol–water partition coefficient (Wildman–Crippen LogP) is -2.72. The number of carbonyl (C=O) groups excluding carboxylic acids is 1. The number of rotatable bonds is 3. The van der Waals surface area contributed by atoms with Crippen molar-refractivity contribution in [3.8, 4) is 0 Å². The van der Waals surface area contributed by atoms with Crippen molar-refractivity contribution in [3.63, 3.8) is 0 Å². The van der Waals surface area contributed by atoms with E-state index in [9.17, 15) is 36.2 Å². The Hall–Kier alpha value is 0.0500. The zero-order chi connectivity index (χ0) is 10.2. The Balaban J connectivity index is 0. The number of halogens is 6. The van der Waals surface area contributed by atoms with Gasteiger partial charge < -0.3 is 9.90 Å². The third kappa shape index (κ3) is 2.75. The molecule has 0 saturated heterocycles. The second kappa shape index (κ2) is 4.52. The molecule has 72 valence electrons. The van der Waals surface area contributed by atoms with Gasteiger partial charge in [-0.15, -0.1) is 0 Å². The second-order valence-electron chi connectivity index (χ2n) is 1.79. The molecule has 0 unspecified atom stereocenters. The number of carboxylic acid groups (broad SMARTS) is 1. The maximum atomic E-state index is 11.7. The normalized spacial score (nSPS) is 12.5. The molecule has 13 heavy (non-hydrogen) atoms. The van der Waals surface area contributed by atoms with Gasteiger partial charge >= 0.3 is 47.8 Å². The van der Waals surface area contributed by atoms with E-state index >= 15 is 0 Å². The Kier molecular flexibility index (Phi) is 5.39. The van der Waals surface area contributed by atoms with Crippen molar-refractivity contribution in [2.24, 2.45) is 0 Å². The van der Waals surface area contributed by atoms with E-state index in [1.54, 1.807) is 0 Å². The average molecular weight is 218 g/mol. The SMILES string of the molecule is O=C([O-])C(F)(F)C(F)(F)C(F)F.[Na+]. The Morgan fingerprint density at radius 3 is 1.54 bits per heavy atom. The van der Waals surface area contributed by atoms with Crippen LogP contribution in [0.5, 0.6) is 0 Å². The van der Waals surface area contributed by atoms with Crippen LogP contribution in [-0.2, 0) is 4.79 Å². The summed E-state index contributed by atoms with van der Waals surface area (Å²) >= 11 is 0. The van der Waals surface area contributed by atoms with Crippen LogP contribution in [0.25, 0.3) is 0 Å². The molecule has 0 heterocycles. The van der Waals surface area contributed by atoms with Crippen molar-refractivity contribution in [1.82, 2.24) is 0 Å². The summed E-state index contributed by atoms with van der Waals surface area (Å²) in [6.45, 7) is 0. The summed E-state index contributed by atoms with van der Waals surface area (Å²) < 4.78 is 69.0. The van der Waals surface area contributed by atoms with Gasteiger partial charge in [-0.1, -0.05) is 0 Å². The van der Waals surface area contributed by atoms with Gasteiger partial charge in [-0.3, -0.25) is 0 Å². The van der Waals surface area contributed by atoms with Gasteiger partial charge in [0.1, 0.15) is 5.97 Å². The zero-order valence-electron chi connectivity index (χ0n) is 6.16. The standard InChI is InChI=1S/C4H2F6O2.Na/c5-1(6)3(7,8)4(9,10)2(11)12;/h1H,(H,11,12);/q;+1/p-1. The number of carbonyl (C=O) groups is 1. The number of hydrogen-bond acceptors (Lipinski definition) is 2. The maximum absolute atomic E-state index is 11.7. The molecule has 0 radical (unpaired) electrons. The van der Waals surface area contributed by atoms with Crippen molar-refractivity contribution >= 4 is 5.97 Å². The zero-order valence-corrected chi connectivity index (χ0v) is 8.16. The summed E-state index contributed by atoms with van der Waals surface area (Å²) in [7, 11) is 0. The van der Waals surface area contributed by atoms with Crippen LogP contribution in [0, 0.1) is 0 Å². The fourth-order valence-electron chi connectivity index (χ4n) is 0.273. The molecule has 0 fully saturated rings. The minimum Gasteiger partial charge on any atom is -0.544 e. The number of aliphatic carboxylic acids is 1. The summed E-state index contributed by atoms with van der Waals surface area (Å²) in [4.78, 5) is 9.30. The molecule has 0 aliphatic carbocycles. The first-order valence-corrected chi connectivity index (χ1v) is 2.39. The van der Waals surface area contributed by atoms with Crippen LogP contribution in [0.4, 0.5) is 26.3 Å². The van der Waals surface area contributed by atoms with E-state index in [-0.39, 0.29) is 29.6 Å². The molecule has 0 N–H and O–H groups in total. The van der Waals surface area contributed by atoms with E-state index in [1.165, 1.54) is 0 Å². The van der Waals surface area contributed by atoms with Crippen LogP contribution in [-0.4, -0.2) is 24.2 Å². The average Bonchev–Trinajstić information content (AvgIpc) is 1.86. The van der Waals surface area contributed by atoms with E-state index in [2.05, 4.69) is 0 Å². The number of hydrogen-bond donors (Lipinski definition) is 0. The molecule has 0 aliphatic heterocycles. The Labute approximate surface area is 90.2 Å². The maximum Gasteiger partial charge on any atom is 1.00 e. The molecule has 0 aromatic rings. The Morgan fingerprint density at radius 2 is 1.46 bits per heavy atom. The van der Waals surface area contributed by atoms with Crippen molar-refractivity contribution in [2.75, 3.05) is 0 Å². The minimum atomic E-state index is -5.91. The Bertz CT molecular complexity index is 193. The fourth-order valence-corrected chi connectivity index (χ4v) is 0.273. The van der Waals surface area contributed by atoms with Gasteiger partial charge in [-0.05, 0) is 0 Å². The van der Waals surface area contributed by atoms with Crippen LogP contribution < -0.4 is 34.7 Å². The summed E-state index contributed by atoms with van der Waals surface area (Å²) in [6.07, 6.45) is -4.76. The topological polar surface area (TPSA) is 40.1 Å². The Morgan fingerprint density at radius 1 is 1.15 bits per heavy atom. The van der Waals surface area contributed by atoms with Crippen LogP contribution in [0.3, 0.4) is 0 Å². The molecular weight excluding hydrogens is 217 g/mol. The monoisotopic (exact) mass is 218 g/mol. The molecule has 9 heteroatoms. The minimum absolute atomic E-state index is 0. The molecule has 0 amide bonds. The molecule has 0 aromatic heterocycles. The molecule has 2 nitrogen and oxygen atoms in total. The van der Waals surface area contributed by atoms with Crippen LogP contribution >= 0.6 is 0 Å². The van der Waals surface area contributed by atoms with Crippen LogP contribution in [0.15, 0.2) is 0 Å². The van der Waals surface area contributed by atoms with E-state index in [1.807, 2.05) is 0 Å². The molecule has 0 spiro atoms. The summed E-state index contributed by atoms with van der Waals surface area (Å²) in [6, 6.07) is 0. The van der Waals surface area contributed by atoms with E-state index in [4.69, 9.17) is 0 Å². The van der Waals surface area contributed by atoms with Crippen molar-refractivity contribution in [1.29, 1.82) is 0 Å². The smallest absolute Gasteiger partial charge is 0.544 e. The second-order valence-corrected chi connectivity index (χ2v) is 1.79. The molecule has 0 bridgehead atoms. The van der Waals surface area contributed by atoms with E-state index < -0.39 is 24.2 Å². The summed E-state index contributed by atoms with van der Waals surface area (Å²) in [5, 5.41) is 9.30. The molecule has 0 atom stereocenters. The van der Waals surface area contributed by atoms with Gasteiger partial charge in [-0.2, -0.15) is 17.6 Å². The van der Waals surface area contributed by atoms with Crippen LogP contribution in [0.2, 0.25) is 0 Å². The van der Waals surface area contributed by atoms with Crippen molar-refractivity contribution < 1.29 is 65.8 Å². The summed E-state index contributed by atoms with van der Waals surface area (Å²) in [5.41, 5.74) is 0. The first kappa shape index (κ1) is 15.5. The van der Waals surface area contributed by atoms with Gasteiger partial charge in [-0.25, -0.2) is 8.78 Å². The van der Waals surface area contributed by atoms with Gasteiger partial charge in [0.05, 0.1) is 0 Å². The largest absolute Gasteiger partial charge is 1.00 e. The van der Waals surface area contributed by atoms with E-state index in [0.717, 1.165) is 0 Å². The quantitative estimate of drug-likeness (QED) is 0.381. The molecule has 0 aliphatic rings. The fraction of sp³-hybridized carbons (Fsp3) is 0.750. The molecular formula is C4HF6NaO2. The summed E-state index contributed by atoms with van der Waals surface area (Å²) in [5.74, 6) is -15.3. The van der Waals surface area contributed by atoms with Gasteiger partial charge in [0.25, 0.3) is 0 Å². The number of carboxylic acids is 1. The number of alkyl halides is 6. The molecule has 0 aromatic carbocycles. The van der Waals surface area contributed by atoms with Crippen molar-refractivity contribution in [2.45, 2.75) is 18.3 Å². The molecule has 0 rings (SSSR count). The van der Waals surface area contributed by atoms with Crippen LogP contribution in [0.1, 0.15) is 0 Å². The van der Waals surface area contributed by atoms with Gasteiger partial charge in [0.15, 0.2) is 0 Å². The third-order valence-corrected chi connectivity index (χ3v) is 0.949. The predicted molar refractivity (Wildman–Crippen MR) is 20.9 cm³/mol. The third-order valence-electron chi connectivity index (χ3n) is 0.949. The van der Waals surface area contributed by atoms with Gasteiger partial charge in [0.2, 0.25) is 0 Å². The first-order chi connectivity index (χ1) is 5.14. The first-order valence-electron chi connectivity index (χ1n) is 2.39. The van der Waals surface area contributed by atoms with E-state index in [0.29, 0.717) is 0 Å². The molecule has 0 saturated carbocycles. The van der Waals surface area contributed by atoms with Gasteiger partial charge in [0, 0.05) is 0 Å². The van der Waals surface area contributed by atoms with Crippen molar-refractivity contribution in [3.05, 3.63) is 0 Å².